The molecule has 0 heterocycles. The van der Waals surface area contributed by atoms with Gasteiger partial charge in [-0.15, -0.1) is 6.58 Å². The molecular weight excluding hydrogens is 280 g/mol. The Labute approximate surface area is 128 Å². The number of carbonyl (C=O) groups is 1. The van der Waals surface area contributed by atoms with Gasteiger partial charge in [0.25, 0.3) is 0 Å². The Morgan fingerprint density at radius 3 is 2.24 bits per heavy atom. The van der Waals surface area contributed by atoms with Gasteiger partial charge in [0.2, 0.25) is 0 Å². The summed E-state index contributed by atoms with van der Waals surface area (Å²) in [5.74, 6) is -0.272. The van der Waals surface area contributed by atoms with Crippen LogP contribution in [0.25, 0.3) is 0 Å². The summed E-state index contributed by atoms with van der Waals surface area (Å²) in [4.78, 5) is 21.4. The van der Waals surface area contributed by atoms with E-state index < -0.39 is 14.0 Å². The average molecular weight is 305 g/mol. The predicted octanol–water partition coefficient (Wildman–Crippen LogP) is 4.01. The molecule has 0 unspecified atom stereocenters. The van der Waals surface area contributed by atoms with Crippen molar-refractivity contribution >= 4 is 19.2 Å². The molecule has 4 heteroatoms. The van der Waals surface area contributed by atoms with Gasteiger partial charge in [-0.2, -0.15) is 4.89 Å². The highest BCUT2D eigenvalue weighted by molar-refractivity contribution is 6.95. The van der Waals surface area contributed by atoms with Gasteiger partial charge >= 0.3 is 5.97 Å². The minimum atomic E-state index is -1.62. The second-order valence-corrected chi connectivity index (χ2v) is 10.2. The zero-order valence-corrected chi connectivity index (χ0v) is 14.4. The molecule has 1 aromatic rings. The quantitative estimate of drug-likeness (QED) is 0.413. The third kappa shape index (κ3) is 4.54. The van der Waals surface area contributed by atoms with E-state index in [2.05, 4.69) is 26.1 Å². The van der Waals surface area contributed by atoms with Gasteiger partial charge in [-0.1, -0.05) is 62.8 Å². The van der Waals surface area contributed by atoms with E-state index in [1.54, 1.807) is 12.1 Å². The SMILES string of the molecule is C=C[Si](CC)(CC)c1ccc(C(=O)OO[CH]C(C)C)cc1. The molecule has 21 heavy (non-hydrogen) atoms. The Hall–Kier alpha value is -1.39. The summed E-state index contributed by atoms with van der Waals surface area (Å²) in [5.41, 5.74) is 2.62. The Bertz CT molecular complexity index is 461. The van der Waals surface area contributed by atoms with E-state index in [0.717, 1.165) is 12.1 Å². The summed E-state index contributed by atoms with van der Waals surface area (Å²) in [5, 5.41) is 1.30. The van der Waals surface area contributed by atoms with Gasteiger partial charge in [-0.3, -0.25) is 4.89 Å². The van der Waals surface area contributed by atoms with Gasteiger partial charge in [0.15, 0.2) is 0 Å². The van der Waals surface area contributed by atoms with Crippen molar-refractivity contribution in [2.75, 3.05) is 0 Å². The minimum absolute atomic E-state index is 0.202. The molecule has 1 rings (SSSR count). The molecule has 0 spiro atoms. The van der Waals surface area contributed by atoms with Crippen molar-refractivity contribution in [3.63, 3.8) is 0 Å². The van der Waals surface area contributed by atoms with Crippen molar-refractivity contribution in [3.8, 4) is 0 Å². The molecule has 0 aromatic heterocycles. The second kappa shape index (κ2) is 8.15. The molecule has 0 saturated carbocycles. The monoisotopic (exact) mass is 305 g/mol. The molecule has 0 aliphatic rings. The summed E-state index contributed by atoms with van der Waals surface area (Å²) < 4.78 is 0. The number of hydrogen-bond acceptors (Lipinski definition) is 3. The van der Waals surface area contributed by atoms with Crippen molar-refractivity contribution in [2.24, 2.45) is 5.92 Å². The number of carbonyl (C=O) groups excluding carboxylic acids is 1. The first-order valence-electron chi connectivity index (χ1n) is 7.44. The van der Waals surface area contributed by atoms with Gasteiger partial charge in [0.05, 0.1) is 5.56 Å². The van der Waals surface area contributed by atoms with Crippen molar-refractivity contribution in [2.45, 2.75) is 39.8 Å². The van der Waals surface area contributed by atoms with Crippen LogP contribution in [0.15, 0.2) is 36.5 Å². The van der Waals surface area contributed by atoms with Crippen molar-refractivity contribution in [1.29, 1.82) is 0 Å². The zero-order valence-electron chi connectivity index (χ0n) is 13.4. The molecule has 1 radical (unpaired) electrons. The van der Waals surface area contributed by atoms with Gasteiger partial charge < -0.3 is 0 Å². The van der Waals surface area contributed by atoms with E-state index in [0.29, 0.717) is 5.56 Å². The Morgan fingerprint density at radius 2 is 1.81 bits per heavy atom. The van der Waals surface area contributed by atoms with Crippen molar-refractivity contribution in [1.82, 2.24) is 0 Å². The molecule has 1 aromatic carbocycles. The van der Waals surface area contributed by atoms with Crippen LogP contribution in [0.5, 0.6) is 0 Å². The number of benzene rings is 1. The Balaban J connectivity index is 2.77. The predicted molar refractivity (Wildman–Crippen MR) is 88.6 cm³/mol. The maximum atomic E-state index is 11.8. The standard InChI is InChI=1S/C17H25O3Si/c1-6-21(7-2,8-3)16-11-9-15(10-12-16)17(18)20-19-13-14(4)5/h6,9-14H,1,7-8H2,2-5H3. The highest BCUT2D eigenvalue weighted by Crippen LogP contribution is 2.17. The van der Waals surface area contributed by atoms with E-state index in [9.17, 15) is 4.79 Å². The molecule has 0 saturated heterocycles. The molecule has 0 N–H and O–H groups in total. The smallest absolute Gasteiger partial charge is 0.292 e. The van der Waals surface area contributed by atoms with Crippen LogP contribution in [0.3, 0.4) is 0 Å². The lowest BCUT2D eigenvalue weighted by atomic mass is 10.2. The first-order chi connectivity index (χ1) is 9.99. The van der Waals surface area contributed by atoms with Crippen LogP contribution < -0.4 is 5.19 Å². The van der Waals surface area contributed by atoms with Gasteiger partial charge in [-0.05, 0) is 18.1 Å². The van der Waals surface area contributed by atoms with Crippen LogP contribution in [-0.4, -0.2) is 14.0 Å². The van der Waals surface area contributed by atoms with Crippen LogP contribution in [0.2, 0.25) is 12.1 Å². The normalized spacial score (nSPS) is 11.5. The fourth-order valence-corrected chi connectivity index (χ4v) is 5.19. The zero-order chi connectivity index (χ0) is 15.9. The van der Waals surface area contributed by atoms with E-state index >= 15 is 0 Å². The summed E-state index contributed by atoms with van der Waals surface area (Å²) in [7, 11) is -1.62. The lowest BCUT2D eigenvalue weighted by Crippen LogP contribution is -2.44. The van der Waals surface area contributed by atoms with E-state index in [-0.39, 0.29) is 5.92 Å². The van der Waals surface area contributed by atoms with Crippen LogP contribution in [0.4, 0.5) is 0 Å². The Kier molecular flexibility index (Phi) is 6.85. The van der Waals surface area contributed by atoms with Crippen LogP contribution in [-0.2, 0) is 9.78 Å². The van der Waals surface area contributed by atoms with E-state index in [1.807, 2.05) is 26.0 Å². The van der Waals surface area contributed by atoms with Crippen molar-refractivity contribution in [3.05, 3.63) is 48.7 Å². The summed E-state index contributed by atoms with van der Waals surface area (Å²) >= 11 is 0. The fraction of sp³-hybridized carbons (Fsp3) is 0.412. The second-order valence-electron chi connectivity index (χ2n) is 5.49. The third-order valence-electron chi connectivity index (χ3n) is 3.80. The van der Waals surface area contributed by atoms with Crippen LogP contribution in [0, 0.1) is 12.5 Å². The van der Waals surface area contributed by atoms with Crippen LogP contribution in [0.1, 0.15) is 38.1 Å². The first-order valence-corrected chi connectivity index (χ1v) is 9.93. The molecule has 0 bridgehead atoms. The fourth-order valence-electron chi connectivity index (χ4n) is 2.23. The lowest BCUT2D eigenvalue weighted by Gasteiger charge is -2.25. The summed E-state index contributed by atoms with van der Waals surface area (Å²) in [6.07, 6.45) is 0. The molecule has 0 aliphatic carbocycles. The Morgan fingerprint density at radius 1 is 1.24 bits per heavy atom. The molecule has 3 nitrogen and oxygen atoms in total. The van der Waals surface area contributed by atoms with E-state index in [1.165, 1.54) is 11.8 Å². The third-order valence-corrected chi connectivity index (χ3v) is 8.59. The maximum absolute atomic E-state index is 11.8. The molecule has 0 amide bonds. The van der Waals surface area contributed by atoms with Crippen LogP contribution >= 0.6 is 0 Å². The highest BCUT2D eigenvalue weighted by atomic mass is 28.3. The molecule has 115 valence electrons. The number of rotatable bonds is 8. The topological polar surface area (TPSA) is 35.5 Å². The molecule has 0 aliphatic heterocycles. The van der Waals surface area contributed by atoms with Gasteiger partial charge in [0.1, 0.15) is 14.7 Å². The van der Waals surface area contributed by atoms with Crippen molar-refractivity contribution < 1.29 is 14.6 Å². The summed E-state index contributed by atoms with van der Waals surface area (Å²) in [6.45, 7) is 13.8. The molecule has 0 fully saturated rings. The highest BCUT2D eigenvalue weighted by Gasteiger charge is 2.27. The molecule has 0 atom stereocenters. The average Bonchev–Trinajstić information content (AvgIpc) is 2.50. The minimum Gasteiger partial charge on any atom is -0.292 e. The maximum Gasteiger partial charge on any atom is 0.373 e. The summed E-state index contributed by atoms with van der Waals surface area (Å²) in [6, 6.07) is 9.86. The van der Waals surface area contributed by atoms with Gasteiger partial charge in [-0.25, -0.2) is 4.79 Å². The van der Waals surface area contributed by atoms with Gasteiger partial charge in [0, 0.05) is 0 Å². The molecular formula is C17H25O3Si. The van der Waals surface area contributed by atoms with E-state index in [4.69, 9.17) is 9.78 Å². The lowest BCUT2D eigenvalue weighted by molar-refractivity contribution is -0.217. The first kappa shape index (κ1) is 17.7. The number of hydrogen-bond donors (Lipinski definition) is 0. The largest absolute Gasteiger partial charge is 0.373 e.